The van der Waals surface area contributed by atoms with Crippen molar-refractivity contribution in [2.75, 3.05) is 5.73 Å². The lowest BCUT2D eigenvalue weighted by Gasteiger charge is -2.09. The molecule has 108 valence electrons. The van der Waals surface area contributed by atoms with Gasteiger partial charge in [-0.2, -0.15) is 0 Å². The lowest BCUT2D eigenvalue weighted by atomic mass is 9.98. The number of nitrogen functional groups attached to an aromatic ring is 1. The van der Waals surface area contributed by atoms with E-state index in [1.54, 1.807) is 42.3 Å². The summed E-state index contributed by atoms with van der Waals surface area (Å²) in [6, 6.07) is 3.43. The van der Waals surface area contributed by atoms with Crippen LogP contribution < -0.4 is 5.73 Å². The van der Waals surface area contributed by atoms with Crippen molar-refractivity contribution in [3.63, 3.8) is 0 Å². The van der Waals surface area contributed by atoms with Crippen LogP contribution >= 0.6 is 0 Å². The third-order valence-electron chi connectivity index (χ3n) is 3.03. The van der Waals surface area contributed by atoms with Crippen LogP contribution in [0.15, 0.2) is 30.9 Å². The Bertz CT molecular complexity index is 680. The maximum atomic E-state index is 11.5. The predicted molar refractivity (Wildman–Crippen MR) is 78.4 cm³/mol. The van der Waals surface area contributed by atoms with Crippen LogP contribution in [0.2, 0.25) is 0 Å². The largest absolute Gasteiger partial charge is 0.481 e. The summed E-state index contributed by atoms with van der Waals surface area (Å²) in [5, 5.41) is 9.41. The molecular weight excluding hydrogens is 268 g/mol. The highest BCUT2D eigenvalue weighted by Crippen LogP contribution is 2.20. The van der Waals surface area contributed by atoms with E-state index in [1.165, 1.54) is 0 Å². The summed E-state index contributed by atoms with van der Waals surface area (Å²) < 4.78 is 1.77. The minimum absolute atomic E-state index is 0.319. The summed E-state index contributed by atoms with van der Waals surface area (Å²) in [5.41, 5.74) is 6.84. The average Bonchev–Trinajstić information content (AvgIpc) is 2.92. The molecule has 0 aromatic carbocycles. The zero-order valence-electron chi connectivity index (χ0n) is 11.7. The highest BCUT2D eigenvalue weighted by molar-refractivity contribution is 5.75. The van der Waals surface area contributed by atoms with Crippen molar-refractivity contribution in [2.24, 2.45) is 0 Å². The van der Waals surface area contributed by atoms with E-state index < -0.39 is 11.9 Å². The van der Waals surface area contributed by atoms with Crippen molar-refractivity contribution in [2.45, 2.75) is 25.8 Å². The molecule has 0 saturated heterocycles. The molecule has 0 fully saturated rings. The summed E-state index contributed by atoms with van der Waals surface area (Å²) in [5.74, 6) is 4.47. The molecule has 0 aliphatic rings. The Morgan fingerprint density at radius 2 is 2.29 bits per heavy atom. The van der Waals surface area contributed by atoms with Gasteiger partial charge >= 0.3 is 5.97 Å². The monoisotopic (exact) mass is 284 g/mol. The van der Waals surface area contributed by atoms with Gasteiger partial charge in [-0.05, 0) is 25.0 Å². The molecule has 0 spiro atoms. The number of carbonyl (C=O) groups is 1. The fourth-order valence-electron chi connectivity index (χ4n) is 1.92. The van der Waals surface area contributed by atoms with Gasteiger partial charge in [0.2, 0.25) is 0 Å². The van der Waals surface area contributed by atoms with Gasteiger partial charge in [0, 0.05) is 12.4 Å². The Hall–Kier alpha value is -2.81. The second-order valence-electron chi connectivity index (χ2n) is 4.58. The van der Waals surface area contributed by atoms with E-state index in [2.05, 4.69) is 21.8 Å². The number of aliphatic carboxylic acids is 1. The van der Waals surface area contributed by atoms with Crippen LogP contribution in [-0.2, 0) is 17.8 Å². The van der Waals surface area contributed by atoms with Crippen LogP contribution in [0.4, 0.5) is 5.82 Å². The predicted octanol–water partition coefficient (Wildman–Crippen LogP) is 1.29. The Morgan fingerprint density at radius 3 is 2.90 bits per heavy atom. The number of nitrogens with two attached hydrogens (primary N) is 1. The average molecular weight is 284 g/mol. The number of imidazole rings is 1. The molecule has 0 aliphatic carbocycles. The van der Waals surface area contributed by atoms with Crippen LogP contribution in [-0.4, -0.2) is 25.6 Å². The number of aromatic nitrogens is 3. The molecule has 6 nitrogen and oxygen atoms in total. The molecule has 1 unspecified atom stereocenters. The van der Waals surface area contributed by atoms with Crippen LogP contribution in [0.25, 0.3) is 0 Å². The van der Waals surface area contributed by atoms with Crippen molar-refractivity contribution in [3.05, 3.63) is 42.1 Å². The number of nitrogens with zero attached hydrogens (tertiary/aromatic N) is 3. The molecule has 2 rings (SSSR count). The van der Waals surface area contributed by atoms with Gasteiger partial charge in [0.15, 0.2) is 0 Å². The highest BCUT2D eigenvalue weighted by Gasteiger charge is 2.23. The number of hydrogen-bond donors (Lipinski definition) is 2. The summed E-state index contributed by atoms with van der Waals surface area (Å²) in [7, 11) is 0. The number of carboxylic acids is 1. The van der Waals surface area contributed by atoms with Crippen LogP contribution in [0.5, 0.6) is 0 Å². The number of hydrogen-bond acceptors (Lipinski definition) is 4. The van der Waals surface area contributed by atoms with E-state index in [-0.39, 0.29) is 0 Å². The van der Waals surface area contributed by atoms with Gasteiger partial charge in [0.05, 0.1) is 18.6 Å². The van der Waals surface area contributed by atoms with Gasteiger partial charge in [-0.25, -0.2) is 9.97 Å². The molecule has 0 aliphatic heterocycles. The van der Waals surface area contributed by atoms with Gasteiger partial charge in [-0.15, -0.1) is 5.92 Å². The van der Waals surface area contributed by atoms with Gasteiger partial charge in [0.25, 0.3) is 0 Å². The molecule has 2 aromatic rings. The third kappa shape index (κ3) is 3.83. The standard InChI is InChI=1S/C15H16N4O2/c1-2-3-6-19-9-13(18-10-19)12(15(20)21)7-11-4-5-14(16)17-8-11/h4-5,8-10,12H,6-7H2,1H3,(H2,16,17)(H,20,21). The molecule has 2 heterocycles. The quantitative estimate of drug-likeness (QED) is 0.807. The molecule has 2 aromatic heterocycles. The topological polar surface area (TPSA) is 94.0 Å². The number of carboxylic acid groups (broad SMARTS) is 1. The minimum Gasteiger partial charge on any atom is -0.481 e. The van der Waals surface area contributed by atoms with Crippen LogP contribution in [0, 0.1) is 11.8 Å². The second kappa shape index (κ2) is 6.57. The molecule has 0 amide bonds. The summed E-state index contributed by atoms with van der Waals surface area (Å²) in [6.07, 6.45) is 5.22. The first-order chi connectivity index (χ1) is 10.1. The molecule has 3 N–H and O–H groups in total. The molecule has 0 saturated carbocycles. The normalized spacial score (nSPS) is 11.5. The van der Waals surface area contributed by atoms with Gasteiger partial charge in [-0.3, -0.25) is 4.79 Å². The lowest BCUT2D eigenvalue weighted by Crippen LogP contribution is -2.15. The fraction of sp³-hybridized carbons (Fsp3) is 0.267. The first-order valence-corrected chi connectivity index (χ1v) is 6.44. The number of anilines is 1. The second-order valence-corrected chi connectivity index (χ2v) is 4.58. The van der Waals surface area contributed by atoms with Crippen LogP contribution in [0.1, 0.15) is 24.1 Å². The zero-order chi connectivity index (χ0) is 15.2. The minimum atomic E-state index is -0.918. The van der Waals surface area contributed by atoms with Gasteiger partial charge in [0.1, 0.15) is 11.7 Å². The Labute approximate surface area is 122 Å². The van der Waals surface area contributed by atoms with Crippen molar-refractivity contribution >= 4 is 11.8 Å². The maximum Gasteiger partial charge on any atom is 0.312 e. The first kappa shape index (κ1) is 14.6. The number of pyridine rings is 1. The van der Waals surface area contributed by atoms with Crippen molar-refractivity contribution < 1.29 is 9.90 Å². The highest BCUT2D eigenvalue weighted by atomic mass is 16.4. The Morgan fingerprint density at radius 1 is 1.48 bits per heavy atom. The molecule has 6 heteroatoms. The van der Waals surface area contributed by atoms with E-state index in [0.29, 0.717) is 24.5 Å². The summed E-state index contributed by atoms with van der Waals surface area (Å²) in [4.78, 5) is 19.6. The SMILES string of the molecule is CC#CCn1cnc(C(Cc2ccc(N)nc2)C(=O)O)c1. The number of rotatable bonds is 5. The van der Waals surface area contributed by atoms with E-state index in [1.807, 2.05) is 0 Å². The molecule has 0 bridgehead atoms. The summed E-state index contributed by atoms with van der Waals surface area (Å²) >= 11 is 0. The third-order valence-corrected chi connectivity index (χ3v) is 3.03. The van der Waals surface area contributed by atoms with E-state index in [4.69, 9.17) is 5.73 Å². The smallest absolute Gasteiger partial charge is 0.312 e. The lowest BCUT2D eigenvalue weighted by molar-refractivity contribution is -0.138. The van der Waals surface area contributed by atoms with E-state index in [9.17, 15) is 9.90 Å². The van der Waals surface area contributed by atoms with Gasteiger partial charge < -0.3 is 15.4 Å². The van der Waals surface area contributed by atoms with E-state index >= 15 is 0 Å². The van der Waals surface area contributed by atoms with E-state index in [0.717, 1.165) is 5.56 Å². The Balaban J connectivity index is 2.18. The van der Waals surface area contributed by atoms with Crippen molar-refractivity contribution in [1.29, 1.82) is 0 Å². The Kier molecular flexibility index (Phi) is 4.57. The van der Waals surface area contributed by atoms with Crippen molar-refractivity contribution in [1.82, 2.24) is 14.5 Å². The summed E-state index contributed by atoms with van der Waals surface area (Å²) in [6.45, 7) is 2.26. The maximum absolute atomic E-state index is 11.5. The molecular formula is C15H16N4O2. The van der Waals surface area contributed by atoms with Crippen molar-refractivity contribution in [3.8, 4) is 11.8 Å². The molecule has 21 heavy (non-hydrogen) atoms. The fourth-order valence-corrected chi connectivity index (χ4v) is 1.92. The van der Waals surface area contributed by atoms with Gasteiger partial charge in [-0.1, -0.05) is 12.0 Å². The molecule has 1 atom stereocenters. The zero-order valence-corrected chi connectivity index (χ0v) is 11.7. The van der Waals surface area contributed by atoms with Crippen LogP contribution in [0.3, 0.4) is 0 Å². The first-order valence-electron chi connectivity index (χ1n) is 6.44. The molecule has 0 radical (unpaired) electrons.